The Morgan fingerprint density at radius 3 is 3.00 bits per heavy atom. The molecule has 2 atom stereocenters. The van der Waals surface area contributed by atoms with E-state index in [9.17, 15) is 4.79 Å². The van der Waals surface area contributed by atoms with Gasteiger partial charge in [0.15, 0.2) is 0 Å². The number of ether oxygens (including phenoxy) is 1. The molecule has 1 aromatic carbocycles. The number of benzene rings is 1. The Bertz CT molecular complexity index is 466. The second-order valence-electron chi connectivity index (χ2n) is 3.71. The monoisotopic (exact) mass is 217 g/mol. The maximum absolute atomic E-state index is 11.0. The lowest BCUT2D eigenvalue weighted by Crippen LogP contribution is -2.16. The lowest BCUT2D eigenvalue weighted by molar-refractivity contribution is -0.147. The average Bonchev–Trinajstić information content (AvgIpc) is 2.57. The van der Waals surface area contributed by atoms with Gasteiger partial charge in [0.2, 0.25) is 0 Å². The zero-order valence-corrected chi connectivity index (χ0v) is 8.83. The maximum Gasteiger partial charge on any atom is 0.303 e. The molecule has 82 valence electrons. The summed E-state index contributed by atoms with van der Waals surface area (Å²) in [5.41, 5.74) is 10.5. The maximum atomic E-state index is 11.0. The molecule has 0 N–H and O–H groups in total. The minimum absolute atomic E-state index is 0.328. The number of carbonyl (C=O) groups excluding carboxylic acids is 1. The molecule has 0 radical (unpaired) electrons. The Hall–Kier alpha value is -2.00. The summed E-state index contributed by atoms with van der Waals surface area (Å²) in [4.78, 5) is 13.8. The third-order valence-electron chi connectivity index (χ3n) is 2.63. The van der Waals surface area contributed by atoms with Gasteiger partial charge in [-0.15, -0.1) is 0 Å². The lowest BCUT2D eigenvalue weighted by atomic mass is 10.1. The van der Waals surface area contributed by atoms with Crippen molar-refractivity contribution in [3.63, 3.8) is 0 Å². The summed E-state index contributed by atoms with van der Waals surface area (Å²) >= 11 is 0. The lowest BCUT2D eigenvalue weighted by Gasteiger charge is -2.15. The number of rotatable bonds is 2. The van der Waals surface area contributed by atoms with E-state index in [1.807, 2.05) is 24.3 Å². The predicted molar refractivity (Wildman–Crippen MR) is 57.6 cm³/mol. The molecule has 0 aromatic heterocycles. The van der Waals surface area contributed by atoms with Gasteiger partial charge >= 0.3 is 5.97 Å². The van der Waals surface area contributed by atoms with E-state index in [0.29, 0.717) is 6.42 Å². The zero-order valence-electron chi connectivity index (χ0n) is 8.83. The highest BCUT2D eigenvalue weighted by Gasteiger charge is 2.33. The molecule has 5 nitrogen and oxygen atoms in total. The first kappa shape index (κ1) is 10.5. The van der Waals surface area contributed by atoms with E-state index in [0.717, 1.165) is 11.1 Å². The molecular weight excluding hydrogens is 206 g/mol. The molecule has 0 bridgehead atoms. The van der Waals surface area contributed by atoms with E-state index in [4.69, 9.17) is 10.3 Å². The Kier molecular flexibility index (Phi) is 2.79. The molecule has 0 unspecified atom stereocenters. The molecular formula is C11H11N3O2. The van der Waals surface area contributed by atoms with Crippen molar-refractivity contribution in [2.75, 3.05) is 0 Å². The number of hydrogen-bond donors (Lipinski definition) is 0. The number of carbonyl (C=O) groups is 1. The highest BCUT2D eigenvalue weighted by atomic mass is 16.5. The van der Waals surface area contributed by atoms with Crippen molar-refractivity contribution in [3.05, 3.63) is 45.8 Å². The van der Waals surface area contributed by atoms with Gasteiger partial charge < -0.3 is 4.74 Å². The van der Waals surface area contributed by atoms with E-state index in [2.05, 4.69) is 10.0 Å². The van der Waals surface area contributed by atoms with Crippen molar-refractivity contribution in [1.29, 1.82) is 0 Å². The van der Waals surface area contributed by atoms with Crippen LogP contribution in [0.15, 0.2) is 29.4 Å². The molecule has 0 amide bonds. The third-order valence-corrected chi connectivity index (χ3v) is 2.63. The molecule has 1 aliphatic rings. The van der Waals surface area contributed by atoms with Crippen LogP contribution in [0.4, 0.5) is 0 Å². The molecule has 1 aromatic rings. The van der Waals surface area contributed by atoms with E-state index >= 15 is 0 Å². The van der Waals surface area contributed by atoms with Crippen LogP contribution in [0.2, 0.25) is 0 Å². The van der Waals surface area contributed by atoms with Gasteiger partial charge in [-0.1, -0.05) is 29.4 Å². The normalized spacial score (nSPS) is 22.1. The highest BCUT2D eigenvalue weighted by molar-refractivity contribution is 5.66. The van der Waals surface area contributed by atoms with Crippen molar-refractivity contribution in [2.45, 2.75) is 25.5 Å². The fraction of sp³-hybridized carbons (Fsp3) is 0.364. The zero-order chi connectivity index (χ0) is 11.5. The number of esters is 1. The molecule has 1 aliphatic carbocycles. The van der Waals surface area contributed by atoms with Crippen molar-refractivity contribution >= 4 is 5.97 Å². The van der Waals surface area contributed by atoms with Crippen LogP contribution < -0.4 is 0 Å². The summed E-state index contributed by atoms with van der Waals surface area (Å²) in [5, 5.41) is 3.68. The molecule has 0 saturated carbocycles. The second kappa shape index (κ2) is 4.24. The SMILES string of the molecule is CC(=O)O[C@H]1c2ccccc2C[C@H]1N=[N+]=[N-]. The van der Waals surface area contributed by atoms with Crippen LogP contribution in [0.25, 0.3) is 10.4 Å². The number of hydrogen-bond acceptors (Lipinski definition) is 3. The van der Waals surface area contributed by atoms with Crippen LogP contribution in [-0.2, 0) is 16.0 Å². The molecule has 0 heterocycles. The van der Waals surface area contributed by atoms with Crippen LogP contribution >= 0.6 is 0 Å². The quantitative estimate of drug-likeness (QED) is 0.330. The Balaban J connectivity index is 2.35. The summed E-state index contributed by atoms with van der Waals surface area (Å²) in [7, 11) is 0. The van der Waals surface area contributed by atoms with Gasteiger partial charge in [0, 0.05) is 11.8 Å². The topological polar surface area (TPSA) is 75.1 Å². The van der Waals surface area contributed by atoms with Crippen LogP contribution in [0.5, 0.6) is 0 Å². The van der Waals surface area contributed by atoms with Crippen LogP contribution in [0.1, 0.15) is 24.2 Å². The van der Waals surface area contributed by atoms with Gasteiger partial charge in [0.25, 0.3) is 0 Å². The molecule has 0 spiro atoms. The minimum Gasteiger partial charge on any atom is -0.457 e. The largest absolute Gasteiger partial charge is 0.457 e. The summed E-state index contributed by atoms with van der Waals surface area (Å²) in [6, 6.07) is 7.33. The molecule has 0 saturated heterocycles. The van der Waals surface area contributed by atoms with Crippen LogP contribution in [-0.4, -0.2) is 12.0 Å². The summed E-state index contributed by atoms with van der Waals surface area (Å²) in [5.74, 6) is -0.361. The first-order valence-corrected chi connectivity index (χ1v) is 5.01. The number of azide groups is 1. The van der Waals surface area contributed by atoms with Crippen molar-refractivity contribution < 1.29 is 9.53 Å². The fourth-order valence-corrected chi connectivity index (χ4v) is 2.03. The molecule has 2 rings (SSSR count). The molecule has 16 heavy (non-hydrogen) atoms. The first-order chi connectivity index (χ1) is 7.72. The predicted octanol–water partition coefficient (Wildman–Crippen LogP) is 2.53. The Morgan fingerprint density at radius 2 is 2.31 bits per heavy atom. The van der Waals surface area contributed by atoms with Gasteiger partial charge in [0.05, 0.1) is 6.04 Å². The Labute approximate surface area is 92.7 Å². The smallest absolute Gasteiger partial charge is 0.303 e. The van der Waals surface area contributed by atoms with Crippen LogP contribution in [0.3, 0.4) is 0 Å². The summed E-state index contributed by atoms with van der Waals surface area (Å²) in [6.45, 7) is 1.36. The molecule has 0 fully saturated rings. The number of fused-ring (bicyclic) bond motifs is 1. The molecule has 0 aliphatic heterocycles. The number of nitrogens with zero attached hydrogens (tertiary/aromatic N) is 3. The van der Waals surface area contributed by atoms with Gasteiger partial charge in [-0.3, -0.25) is 4.79 Å². The summed E-state index contributed by atoms with van der Waals surface area (Å²) < 4.78 is 5.20. The van der Waals surface area contributed by atoms with Crippen molar-refractivity contribution in [2.24, 2.45) is 5.11 Å². The van der Waals surface area contributed by atoms with E-state index in [-0.39, 0.29) is 12.0 Å². The van der Waals surface area contributed by atoms with Gasteiger partial charge in [-0.25, -0.2) is 0 Å². The second-order valence-corrected chi connectivity index (χ2v) is 3.71. The van der Waals surface area contributed by atoms with Gasteiger partial charge in [-0.2, -0.15) is 0 Å². The Morgan fingerprint density at radius 1 is 1.56 bits per heavy atom. The summed E-state index contributed by atoms with van der Waals surface area (Å²) in [6.07, 6.45) is 0.183. The van der Waals surface area contributed by atoms with Crippen molar-refractivity contribution in [1.82, 2.24) is 0 Å². The van der Waals surface area contributed by atoms with Gasteiger partial charge in [-0.05, 0) is 23.1 Å². The van der Waals surface area contributed by atoms with E-state index in [1.54, 1.807) is 0 Å². The van der Waals surface area contributed by atoms with Gasteiger partial charge in [0.1, 0.15) is 6.10 Å². The van der Waals surface area contributed by atoms with Crippen molar-refractivity contribution in [3.8, 4) is 0 Å². The van der Waals surface area contributed by atoms with E-state index in [1.165, 1.54) is 6.92 Å². The molecule has 5 heteroatoms. The van der Waals surface area contributed by atoms with Crippen LogP contribution in [0, 0.1) is 0 Å². The fourth-order valence-electron chi connectivity index (χ4n) is 2.03. The average molecular weight is 217 g/mol. The highest BCUT2D eigenvalue weighted by Crippen LogP contribution is 2.36. The third kappa shape index (κ3) is 1.85. The minimum atomic E-state index is -0.440. The van der Waals surface area contributed by atoms with E-state index < -0.39 is 6.10 Å². The standard InChI is InChI=1S/C11H11N3O2/c1-7(15)16-11-9-5-3-2-4-8(9)6-10(11)13-14-12/h2-5,10-11H,6H2,1H3/t10-,11+/m1/s1. The first-order valence-electron chi connectivity index (χ1n) is 5.01.